The van der Waals surface area contributed by atoms with Gasteiger partial charge >= 0.3 is 5.97 Å². The van der Waals surface area contributed by atoms with Crippen molar-refractivity contribution in [3.05, 3.63) is 35.9 Å². The molecule has 9 amide bonds. The fraction of sp³-hybridized carbons (Fsp3) is 0.698. The summed E-state index contributed by atoms with van der Waals surface area (Å²) in [5.74, 6) is -10.2. The standard InChI is InChI=1S/C53H90N12O12/c1-11-32(10)41-26-42(67)57-34(17-20-54)46(69)64-43(30(6)7)51(74)59-35(18-21-55)45(68)61-39(25-33-15-13-12-14-16-33)50(73)60-37(23-28(2)3)48(71)58-36(19-22-56)47(70)65-44(31(8)9)52(75)62-38(24-29(4)5)49(72)63-40(27-66)53(76)77-41/h12-16,28-32,34-41,43-44,66H,11,17-27,54-56H2,1-10H3,(H,57,67)(H,58,71)(H,59,74)(H,60,73)(H,61,68)(H,62,75)(H,63,72)(H,64,69)(H,65,70). The minimum Gasteiger partial charge on any atom is -0.460 e. The third-order valence-electron chi connectivity index (χ3n) is 13.1. The number of hydrogen-bond acceptors (Lipinski definition) is 15. The molecule has 1 aliphatic rings. The van der Waals surface area contributed by atoms with Crippen LogP contribution in [0.2, 0.25) is 0 Å². The van der Waals surface area contributed by atoms with Gasteiger partial charge in [0.15, 0.2) is 6.04 Å². The van der Waals surface area contributed by atoms with Crippen molar-refractivity contribution >= 4 is 59.1 Å². The summed E-state index contributed by atoms with van der Waals surface area (Å²) in [6.45, 7) is 16.1. The molecule has 1 aromatic rings. The first-order valence-electron chi connectivity index (χ1n) is 27.0. The maximum absolute atomic E-state index is 14.4. The van der Waals surface area contributed by atoms with Crippen LogP contribution in [0.25, 0.3) is 0 Å². The van der Waals surface area contributed by atoms with Gasteiger partial charge in [-0.15, -0.1) is 0 Å². The first kappa shape index (κ1) is 66.9. The lowest BCUT2D eigenvalue weighted by atomic mass is 9.98. The highest BCUT2D eigenvalue weighted by molar-refractivity contribution is 5.98. The summed E-state index contributed by atoms with van der Waals surface area (Å²) in [5, 5.41) is 34.3. The van der Waals surface area contributed by atoms with E-state index >= 15 is 0 Å². The van der Waals surface area contributed by atoms with Gasteiger partial charge < -0.3 is 74.9 Å². The molecule has 16 N–H and O–H groups in total. The molecule has 0 spiro atoms. The van der Waals surface area contributed by atoms with E-state index in [9.17, 15) is 53.1 Å². The molecule has 1 aromatic carbocycles. The Morgan fingerprint density at radius 1 is 0.494 bits per heavy atom. The summed E-state index contributed by atoms with van der Waals surface area (Å²) in [6.07, 6.45) is -1.38. The van der Waals surface area contributed by atoms with Gasteiger partial charge in [0.25, 0.3) is 0 Å². The van der Waals surface area contributed by atoms with Gasteiger partial charge in [0.2, 0.25) is 53.2 Å². The van der Waals surface area contributed by atoms with Crippen molar-refractivity contribution in [3.8, 4) is 0 Å². The molecular weight excluding hydrogens is 997 g/mol. The van der Waals surface area contributed by atoms with Gasteiger partial charge in [-0.05, 0) is 86.9 Å². The monoisotopic (exact) mass is 1090 g/mol. The number of ether oxygens (including phenoxy) is 1. The second kappa shape index (κ2) is 33.8. The molecule has 0 aliphatic carbocycles. The number of aliphatic hydroxyl groups excluding tert-OH is 1. The summed E-state index contributed by atoms with van der Waals surface area (Å²) in [4.78, 5) is 141. The van der Waals surface area contributed by atoms with Crippen molar-refractivity contribution in [2.24, 2.45) is 46.8 Å². The van der Waals surface area contributed by atoms with Crippen LogP contribution in [0.4, 0.5) is 0 Å². The topological polar surface area (TPSA) is 386 Å². The van der Waals surface area contributed by atoms with E-state index < -0.39 is 150 Å². The molecule has 0 bridgehead atoms. The summed E-state index contributed by atoms with van der Waals surface area (Å²) >= 11 is 0. The predicted octanol–water partition coefficient (Wildman–Crippen LogP) is -1.60. The smallest absolute Gasteiger partial charge is 0.331 e. The van der Waals surface area contributed by atoms with E-state index in [0.717, 1.165) is 0 Å². The molecular formula is C53H90N12O12. The zero-order valence-corrected chi connectivity index (χ0v) is 46.7. The summed E-state index contributed by atoms with van der Waals surface area (Å²) in [5.41, 5.74) is 18.4. The van der Waals surface area contributed by atoms with Gasteiger partial charge in [-0.2, -0.15) is 0 Å². The first-order chi connectivity index (χ1) is 36.3. The molecule has 1 fully saturated rings. The Balaban J connectivity index is 2.80. The van der Waals surface area contributed by atoms with Crippen LogP contribution in [0.15, 0.2) is 30.3 Å². The highest BCUT2D eigenvalue weighted by atomic mass is 16.5. The molecule has 11 atom stereocenters. The average molecular weight is 1090 g/mol. The number of rotatable bonds is 17. The Hall–Kier alpha value is -6.24. The minimum atomic E-state index is -1.65. The number of hydrogen-bond donors (Lipinski definition) is 13. The number of carbonyl (C=O) groups excluding carboxylic acids is 10. The molecule has 0 aromatic heterocycles. The lowest BCUT2D eigenvalue weighted by Gasteiger charge is -2.30. The zero-order chi connectivity index (χ0) is 58.1. The van der Waals surface area contributed by atoms with Crippen molar-refractivity contribution in [3.63, 3.8) is 0 Å². The van der Waals surface area contributed by atoms with E-state index in [0.29, 0.717) is 12.0 Å². The fourth-order valence-electron chi connectivity index (χ4n) is 8.43. The molecule has 0 radical (unpaired) electrons. The van der Waals surface area contributed by atoms with E-state index in [2.05, 4.69) is 47.9 Å². The zero-order valence-electron chi connectivity index (χ0n) is 46.7. The Morgan fingerprint density at radius 2 is 0.857 bits per heavy atom. The van der Waals surface area contributed by atoms with Crippen molar-refractivity contribution in [2.75, 3.05) is 26.2 Å². The van der Waals surface area contributed by atoms with Gasteiger partial charge in [-0.25, -0.2) is 4.79 Å². The van der Waals surface area contributed by atoms with E-state index in [1.807, 2.05) is 13.8 Å². The molecule has 77 heavy (non-hydrogen) atoms. The largest absolute Gasteiger partial charge is 0.460 e. The predicted molar refractivity (Wildman–Crippen MR) is 288 cm³/mol. The van der Waals surface area contributed by atoms with Crippen molar-refractivity contribution < 1.29 is 57.8 Å². The summed E-state index contributed by atoms with van der Waals surface area (Å²) in [6, 6.07) is -3.30. The molecule has 11 unspecified atom stereocenters. The number of benzene rings is 1. The number of aliphatic hydroxyl groups is 1. The average Bonchev–Trinajstić information content (AvgIpc) is 3.36. The Labute approximate surface area is 453 Å². The van der Waals surface area contributed by atoms with Crippen LogP contribution in [0, 0.1) is 29.6 Å². The first-order valence-corrected chi connectivity index (χ1v) is 27.0. The third-order valence-corrected chi connectivity index (χ3v) is 13.1. The Kier molecular flexibility index (Phi) is 29.4. The summed E-state index contributed by atoms with van der Waals surface area (Å²) < 4.78 is 5.76. The minimum absolute atomic E-state index is 0.0539. The lowest BCUT2D eigenvalue weighted by Crippen LogP contribution is -2.61. The van der Waals surface area contributed by atoms with Crippen molar-refractivity contribution in [1.29, 1.82) is 0 Å². The van der Waals surface area contributed by atoms with Crippen molar-refractivity contribution in [2.45, 2.75) is 181 Å². The highest BCUT2D eigenvalue weighted by Crippen LogP contribution is 2.18. The molecule has 434 valence electrons. The molecule has 2 rings (SSSR count). The molecule has 1 aliphatic heterocycles. The number of carbonyl (C=O) groups is 10. The molecule has 0 saturated carbocycles. The van der Waals surface area contributed by atoms with Crippen LogP contribution in [0.1, 0.15) is 120 Å². The molecule has 1 heterocycles. The SMILES string of the molecule is CCC(C)C1CC(=O)NC(CCN)C(=O)NC(C(C)C)C(=O)NC(CCN)C(=O)NC(Cc2ccccc2)C(=O)NC(CC(C)C)C(=O)NC(CCN)C(=O)NC(C(C)C)C(=O)NC(CC(C)C)C(=O)NC(CO)C(=O)O1. The van der Waals surface area contributed by atoms with Gasteiger partial charge in [0.1, 0.15) is 54.4 Å². The Morgan fingerprint density at radius 3 is 1.27 bits per heavy atom. The second-order valence-electron chi connectivity index (χ2n) is 21.4. The van der Waals surface area contributed by atoms with Crippen LogP contribution in [0.5, 0.6) is 0 Å². The quantitative estimate of drug-likeness (QED) is 0.0782. The second-order valence-corrected chi connectivity index (χ2v) is 21.4. The van der Waals surface area contributed by atoms with Crippen LogP contribution in [-0.2, 0) is 59.1 Å². The van der Waals surface area contributed by atoms with Crippen LogP contribution in [0.3, 0.4) is 0 Å². The maximum atomic E-state index is 14.4. The van der Waals surface area contributed by atoms with Crippen LogP contribution >= 0.6 is 0 Å². The van der Waals surface area contributed by atoms with Gasteiger partial charge in [0, 0.05) is 6.42 Å². The van der Waals surface area contributed by atoms with Gasteiger partial charge in [-0.1, -0.05) is 106 Å². The van der Waals surface area contributed by atoms with E-state index in [1.165, 1.54) is 0 Å². The summed E-state index contributed by atoms with van der Waals surface area (Å²) in [7, 11) is 0. The van der Waals surface area contributed by atoms with E-state index in [4.69, 9.17) is 21.9 Å². The van der Waals surface area contributed by atoms with Crippen LogP contribution < -0.4 is 65.1 Å². The number of nitrogens with two attached hydrogens (primary N) is 3. The number of nitrogens with one attached hydrogen (secondary N) is 9. The number of cyclic esters (lactones) is 1. The molecule has 1 saturated heterocycles. The van der Waals surface area contributed by atoms with Crippen LogP contribution in [-0.4, -0.2) is 151 Å². The number of esters is 1. The Bertz CT molecular complexity index is 2110. The van der Waals surface area contributed by atoms with Gasteiger partial charge in [-0.3, -0.25) is 43.2 Å². The van der Waals surface area contributed by atoms with E-state index in [1.54, 1.807) is 85.7 Å². The maximum Gasteiger partial charge on any atom is 0.331 e. The van der Waals surface area contributed by atoms with E-state index in [-0.39, 0.29) is 70.0 Å². The van der Waals surface area contributed by atoms with Gasteiger partial charge in [0.05, 0.1) is 13.0 Å². The third kappa shape index (κ3) is 22.7. The molecule has 24 nitrogen and oxygen atoms in total. The van der Waals surface area contributed by atoms with Crippen molar-refractivity contribution in [1.82, 2.24) is 47.9 Å². The lowest BCUT2D eigenvalue weighted by molar-refractivity contribution is -0.158. The number of amides is 9. The molecule has 24 heteroatoms. The fourth-order valence-corrected chi connectivity index (χ4v) is 8.43. The highest BCUT2D eigenvalue weighted by Gasteiger charge is 2.38. The normalized spacial score (nSPS) is 26.5.